The van der Waals surface area contributed by atoms with Gasteiger partial charge in [0.25, 0.3) is 5.69 Å². The van der Waals surface area contributed by atoms with E-state index in [-0.39, 0.29) is 23.1 Å². The Bertz CT molecular complexity index is 509. The number of hydrogen-bond donors (Lipinski definition) is 0. The molecule has 5 nitrogen and oxygen atoms in total. The van der Waals surface area contributed by atoms with E-state index in [4.69, 9.17) is 0 Å². The van der Waals surface area contributed by atoms with Crippen LogP contribution >= 0.6 is 0 Å². The van der Waals surface area contributed by atoms with Crippen LogP contribution in [0.2, 0.25) is 0 Å². The summed E-state index contributed by atoms with van der Waals surface area (Å²) in [5.41, 5.74) is 0.765. The van der Waals surface area contributed by atoms with Crippen molar-refractivity contribution in [1.82, 2.24) is 0 Å². The van der Waals surface area contributed by atoms with E-state index < -0.39 is 4.92 Å². The van der Waals surface area contributed by atoms with Gasteiger partial charge in [0.2, 0.25) is 0 Å². The van der Waals surface area contributed by atoms with Crippen molar-refractivity contribution in [3.05, 3.63) is 46.5 Å². The average molecular weight is 262 g/mol. The highest BCUT2D eigenvalue weighted by molar-refractivity contribution is 5.99. The Morgan fingerprint density at radius 3 is 2.58 bits per heavy atom. The van der Waals surface area contributed by atoms with Crippen molar-refractivity contribution in [2.75, 3.05) is 11.4 Å². The Labute approximate surface area is 112 Å². The van der Waals surface area contributed by atoms with E-state index in [9.17, 15) is 14.9 Å². The highest BCUT2D eigenvalue weighted by atomic mass is 16.6. The minimum Gasteiger partial charge on any atom is -0.365 e. The lowest BCUT2D eigenvalue weighted by Crippen LogP contribution is -2.30. The molecular weight excluding hydrogens is 244 g/mol. The fraction of sp³-hybridized carbons (Fsp3) is 0.357. The van der Waals surface area contributed by atoms with Crippen LogP contribution in [0, 0.1) is 10.1 Å². The lowest BCUT2D eigenvalue weighted by molar-refractivity contribution is -0.385. The molecule has 0 N–H and O–H groups in total. The first-order valence-electron chi connectivity index (χ1n) is 6.05. The molecule has 0 heterocycles. The van der Waals surface area contributed by atoms with Gasteiger partial charge in [0.05, 0.1) is 10.5 Å². The number of anilines is 1. The van der Waals surface area contributed by atoms with Gasteiger partial charge in [-0.05, 0) is 32.9 Å². The summed E-state index contributed by atoms with van der Waals surface area (Å²) in [6, 6.07) is 4.82. The molecule has 0 fully saturated rings. The highest BCUT2D eigenvalue weighted by Crippen LogP contribution is 2.26. The van der Waals surface area contributed by atoms with E-state index in [1.807, 2.05) is 18.7 Å². The van der Waals surface area contributed by atoms with E-state index in [2.05, 4.69) is 6.58 Å². The summed E-state index contributed by atoms with van der Waals surface area (Å²) in [5.74, 6) is -0.309. The van der Waals surface area contributed by atoms with Gasteiger partial charge in [0.1, 0.15) is 0 Å². The highest BCUT2D eigenvalue weighted by Gasteiger charge is 2.20. The number of ketones is 1. The molecule has 0 atom stereocenters. The third-order valence-electron chi connectivity index (χ3n) is 2.84. The van der Waals surface area contributed by atoms with Gasteiger partial charge in [-0.25, -0.2) is 0 Å². The molecule has 0 radical (unpaired) electrons. The molecule has 0 aliphatic carbocycles. The normalized spacial score (nSPS) is 10.3. The van der Waals surface area contributed by atoms with Crippen LogP contribution in [0.3, 0.4) is 0 Å². The number of carbonyl (C=O) groups excluding carboxylic acids is 1. The molecule has 0 aromatic heterocycles. The van der Waals surface area contributed by atoms with E-state index in [1.54, 1.807) is 18.2 Å². The van der Waals surface area contributed by atoms with Crippen molar-refractivity contribution >= 4 is 17.2 Å². The second-order valence-electron chi connectivity index (χ2n) is 4.55. The zero-order valence-corrected chi connectivity index (χ0v) is 11.4. The Morgan fingerprint density at radius 1 is 1.53 bits per heavy atom. The van der Waals surface area contributed by atoms with Crippen molar-refractivity contribution in [2.24, 2.45) is 0 Å². The number of nitro benzene ring substituents is 1. The lowest BCUT2D eigenvalue weighted by Gasteiger charge is -2.28. The molecule has 102 valence electrons. The Hall–Kier alpha value is -2.17. The monoisotopic (exact) mass is 262 g/mol. The van der Waals surface area contributed by atoms with Crippen molar-refractivity contribution in [3.8, 4) is 0 Å². The zero-order chi connectivity index (χ0) is 14.6. The first-order chi connectivity index (χ1) is 8.88. The molecule has 5 heteroatoms. The molecule has 0 aliphatic heterocycles. The zero-order valence-electron chi connectivity index (χ0n) is 11.4. The predicted octanol–water partition coefficient (Wildman–Crippen LogP) is 3.20. The first kappa shape index (κ1) is 14.9. The molecule has 0 amide bonds. The van der Waals surface area contributed by atoms with Crippen molar-refractivity contribution in [3.63, 3.8) is 0 Å². The minimum absolute atomic E-state index is 0.136. The largest absolute Gasteiger partial charge is 0.365 e. The van der Waals surface area contributed by atoms with Crippen LogP contribution < -0.4 is 4.90 Å². The van der Waals surface area contributed by atoms with Crippen molar-refractivity contribution < 1.29 is 9.72 Å². The number of nitrogens with zero attached hydrogens (tertiary/aromatic N) is 2. The molecule has 1 aromatic carbocycles. The summed E-state index contributed by atoms with van der Waals surface area (Å²) in [6.45, 7) is 9.67. The van der Waals surface area contributed by atoms with Gasteiger partial charge in [-0.1, -0.05) is 6.08 Å². The summed E-state index contributed by atoms with van der Waals surface area (Å²) < 4.78 is 0. The SMILES string of the molecule is C=CCN(c1ccc([N+](=O)[O-])c(C(C)=O)c1)C(C)C. The summed E-state index contributed by atoms with van der Waals surface area (Å²) in [6.07, 6.45) is 1.76. The molecule has 0 bridgehead atoms. The van der Waals surface area contributed by atoms with E-state index >= 15 is 0 Å². The molecule has 0 spiro atoms. The van der Waals surface area contributed by atoms with Gasteiger partial charge in [0, 0.05) is 24.3 Å². The molecule has 0 unspecified atom stereocenters. The molecule has 0 saturated carbocycles. The van der Waals surface area contributed by atoms with Gasteiger partial charge in [-0.2, -0.15) is 0 Å². The molecule has 1 rings (SSSR count). The maximum Gasteiger partial charge on any atom is 0.280 e. The maximum atomic E-state index is 11.5. The van der Waals surface area contributed by atoms with Crippen LogP contribution in [0.5, 0.6) is 0 Å². The smallest absolute Gasteiger partial charge is 0.280 e. The number of benzene rings is 1. The summed E-state index contributed by atoms with van der Waals surface area (Å²) in [5, 5.41) is 10.9. The summed E-state index contributed by atoms with van der Waals surface area (Å²) >= 11 is 0. The third-order valence-corrected chi connectivity index (χ3v) is 2.84. The van der Waals surface area contributed by atoms with E-state index in [0.29, 0.717) is 6.54 Å². The van der Waals surface area contributed by atoms with Gasteiger partial charge < -0.3 is 4.90 Å². The van der Waals surface area contributed by atoms with Crippen LogP contribution in [-0.2, 0) is 0 Å². The third kappa shape index (κ3) is 3.40. The minimum atomic E-state index is -0.534. The van der Waals surface area contributed by atoms with Gasteiger partial charge in [-0.15, -0.1) is 6.58 Å². The van der Waals surface area contributed by atoms with Gasteiger partial charge >= 0.3 is 0 Å². The number of rotatable bonds is 6. The molecule has 0 aliphatic rings. The fourth-order valence-electron chi connectivity index (χ4n) is 1.90. The first-order valence-corrected chi connectivity index (χ1v) is 6.05. The topological polar surface area (TPSA) is 63.4 Å². The number of carbonyl (C=O) groups is 1. The number of hydrogen-bond acceptors (Lipinski definition) is 4. The predicted molar refractivity (Wildman–Crippen MR) is 75.8 cm³/mol. The second kappa shape index (κ2) is 6.13. The molecule has 1 aromatic rings. The Kier molecular flexibility index (Phi) is 4.80. The van der Waals surface area contributed by atoms with Crippen molar-refractivity contribution in [2.45, 2.75) is 26.8 Å². The molecule has 0 saturated heterocycles. The number of Topliss-reactive ketones (excluding diaryl/α,β-unsaturated/α-hetero) is 1. The van der Waals surface area contributed by atoms with Crippen LogP contribution in [-0.4, -0.2) is 23.3 Å². The molecular formula is C14H18N2O3. The Morgan fingerprint density at radius 2 is 2.16 bits per heavy atom. The maximum absolute atomic E-state index is 11.5. The second-order valence-corrected chi connectivity index (χ2v) is 4.55. The van der Waals surface area contributed by atoms with E-state index in [0.717, 1.165) is 5.69 Å². The number of nitro groups is 1. The van der Waals surface area contributed by atoms with Crippen molar-refractivity contribution in [1.29, 1.82) is 0 Å². The Balaban J connectivity index is 3.31. The summed E-state index contributed by atoms with van der Waals surface area (Å²) in [7, 11) is 0. The lowest BCUT2D eigenvalue weighted by atomic mass is 10.1. The van der Waals surface area contributed by atoms with Crippen LogP contribution in [0.25, 0.3) is 0 Å². The molecule has 19 heavy (non-hydrogen) atoms. The fourth-order valence-corrected chi connectivity index (χ4v) is 1.90. The van der Waals surface area contributed by atoms with Crippen LogP contribution in [0.15, 0.2) is 30.9 Å². The average Bonchev–Trinajstić information content (AvgIpc) is 2.34. The summed E-state index contributed by atoms with van der Waals surface area (Å²) in [4.78, 5) is 23.9. The van der Waals surface area contributed by atoms with Gasteiger partial charge in [0.15, 0.2) is 5.78 Å². The van der Waals surface area contributed by atoms with Crippen LogP contribution in [0.1, 0.15) is 31.1 Å². The standard InChI is InChI=1S/C14H18N2O3/c1-5-8-15(10(2)3)12-6-7-14(16(18)19)13(9-12)11(4)17/h5-7,9-10H,1,8H2,2-4H3. The van der Waals surface area contributed by atoms with E-state index in [1.165, 1.54) is 13.0 Å². The quantitative estimate of drug-likeness (QED) is 0.342. The van der Waals surface area contributed by atoms with Crippen LogP contribution in [0.4, 0.5) is 11.4 Å². The van der Waals surface area contributed by atoms with Gasteiger partial charge in [-0.3, -0.25) is 14.9 Å².